The lowest BCUT2D eigenvalue weighted by Crippen LogP contribution is -2.30. The van der Waals surface area contributed by atoms with Crippen molar-refractivity contribution < 1.29 is 14.6 Å². The van der Waals surface area contributed by atoms with Gasteiger partial charge in [0.15, 0.2) is 0 Å². The van der Waals surface area contributed by atoms with Crippen molar-refractivity contribution in [1.82, 2.24) is 0 Å². The third kappa shape index (κ3) is 3.80. The molecule has 0 aliphatic rings. The van der Waals surface area contributed by atoms with E-state index in [1.807, 2.05) is 18.2 Å². The molecule has 0 spiro atoms. The van der Waals surface area contributed by atoms with Gasteiger partial charge in [-0.25, -0.2) is 0 Å². The van der Waals surface area contributed by atoms with Crippen LogP contribution in [-0.4, -0.2) is 24.8 Å². The van der Waals surface area contributed by atoms with E-state index in [1.165, 1.54) is 0 Å². The zero-order valence-electron chi connectivity index (χ0n) is 12.5. The van der Waals surface area contributed by atoms with E-state index in [9.17, 15) is 9.90 Å². The van der Waals surface area contributed by atoms with Gasteiger partial charge in [-0.3, -0.25) is 4.79 Å². The number of ether oxygens (including phenoxy) is 1. The van der Waals surface area contributed by atoms with E-state index >= 15 is 0 Å². The summed E-state index contributed by atoms with van der Waals surface area (Å²) in [5.74, 6) is -0.771. The molecule has 0 radical (unpaired) electrons. The first-order valence-corrected chi connectivity index (χ1v) is 6.51. The van der Waals surface area contributed by atoms with Crippen molar-refractivity contribution in [2.24, 2.45) is 5.41 Å². The monoisotopic (exact) mass is 264 g/mol. The van der Waals surface area contributed by atoms with Crippen molar-refractivity contribution in [1.29, 1.82) is 0 Å². The van der Waals surface area contributed by atoms with Gasteiger partial charge < -0.3 is 9.84 Å². The Kier molecular flexibility index (Phi) is 4.75. The fraction of sp³-hybridized carbons (Fsp3) is 0.562. The molecule has 19 heavy (non-hydrogen) atoms. The smallest absolute Gasteiger partial charge is 0.309 e. The average molecular weight is 264 g/mol. The highest BCUT2D eigenvalue weighted by atomic mass is 16.5. The Morgan fingerprint density at radius 1 is 1.21 bits per heavy atom. The first kappa shape index (κ1) is 15.7. The standard InChI is InChI=1S/C16H24O3/c1-15(2,14(17)18)10-12-8-6-7-9-13(12)16(3,4)11-19-5/h6-9H,10-11H2,1-5H3,(H,17,18). The average Bonchev–Trinajstić information content (AvgIpc) is 2.28. The van der Waals surface area contributed by atoms with Crippen LogP contribution >= 0.6 is 0 Å². The summed E-state index contributed by atoms with van der Waals surface area (Å²) in [6.07, 6.45) is 0.519. The molecule has 106 valence electrons. The van der Waals surface area contributed by atoms with E-state index in [1.54, 1.807) is 21.0 Å². The maximum Gasteiger partial charge on any atom is 0.309 e. The molecule has 0 bridgehead atoms. The summed E-state index contributed by atoms with van der Waals surface area (Å²) >= 11 is 0. The summed E-state index contributed by atoms with van der Waals surface area (Å²) in [5.41, 5.74) is 1.35. The van der Waals surface area contributed by atoms with Gasteiger partial charge in [-0.1, -0.05) is 38.1 Å². The third-order valence-corrected chi connectivity index (χ3v) is 3.46. The molecule has 1 rings (SSSR count). The summed E-state index contributed by atoms with van der Waals surface area (Å²) in [5, 5.41) is 9.27. The molecule has 0 amide bonds. The zero-order chi connectivity index (χ0) is 14.7. The van der Waals surface area contributed by atoms with Crippen LogP contribution in [0.4, 0.5) is 0 Å². The van der Waals surface area contributed by atoms with Crippen molar-refractivity contribution >= 4 is 5.97 Å². The Balaban J connectivity index is 3.13. The Morgan fingerprint density at radius 2 is 1.79 bits per heavy atom. The molecule has 0 atom stereocenters. The molecule has 1 aromatic carbocycles. The highest BCUT2D eigenvalue weighted by Crippen LogP contribution is 2.31. The summed E-state index contributed by atoms with van der Waals surface area (Å²) in [7, 11) is 1.69. The summed E-state index contributed by atoms with van der Waals surface area (Å²) in [4.78, 5) is 11.3. The molecule has 0 fully saturated rings. The Bertz CT molecular complexity index is 447. The number of carboxylic acid groups (broad SMARTS) is 1. The molecule has 0 aliphatic heterocycles. The number of benzene rings is 1. The Hall–Kier alpha value is -1.35. The van der Waals surface area contributed by atoms with Crippen LogP contribution in [0.3, 0.4) is 0 Å². The first-order valence-electron chi connectivity index (χ1n) is 6.51. The molecule has 0 aromatic heterocycles. The van der Waals surface area contributed by atoms with Crippen LogP contribution in [0.1, 0.15) is 38.8 Å². The van der Waals surface area contributed by atoms with Crippen molar-refractivity contribution in [3.8, 4) is 0 Å². The highest BCUT2D eigenvalue weighted by Gasteiger charge is 2.31. The van der Waals surface area contributed by atoms with Crippen LogP contribution in [0.5, 0.6) is 0 Å². The number of hydrogen-bond donors (Lipinski definition) is 1. The van der Waals surface area contributed by atoms with Gasteiger partial charge in [-0.15, -0.1) is 0 Å². The molecule has 0 unspecified atom stereocenters. The summed E-state index contributed by atoms with van der Waals surface area (Å²) in [6.45, 7) is 8.36. The van der Waals surface area contributed by atoms with Gasteiger partial charge >= 0.3 is 5.97 Å². The van der Waals surface area contributed by atoms with Crippen LogP contribution in [0.25, 0.3) is 0 Å². The van der Waals surface area contributed by atoms with E-state index in [-0.39, 0.29) is 5.41 Å². The SMILES string of the molecule is COCC(C)(C)c1ccccc1CC(C)(C)C(=O)O. The van der Waals surface area contributed by atoms with Gasteiger partial charge in [0.25, 0.3) is 0 Å². The quantitative estimate of drug-likeness (QED) is 0.857. The predicted molar refractivity (Wildman–Crippen MR) is 76.5 cm³/mol. The number of hydrogen-bond acceptors (Lipinski definition) is 2. The van der Waals surface area contributed by atoms with Crippen LogP contribution in [-0.2, 0) is 21.4 Å². The van der Waals surface area contributed by atoms with E-state index in [0.717, 1.165) is 11.1 Å². The Morgan fingerprint density at radius 3 is 2.32 bits per heavy atom. The van der Waals surface area contributed by atoms with E-state index < -0.39 is 11.4 Å². The van der Waals surface area contributed by atoms with E-state index in [4.69, 9.17) is 4.74 Å². The van der Waals surface area contributed by atoms with Crippen LogP contribution < -0.4 is 0 Å². The van der Waals surface area contributed by atoms with Crippen LogP contribution in [0, 0.1) is 5.41 Å². The second-order valence-corrected chi connectivity index (χ2v) is 6.34. The van der Waals surface area contributed by atoms with Gasteiger partial charge in [0.2, 0.25) is 0 Å². The second kappa shape index (κ2) is 5.74. The maximum absolute atomic E-state index is 11.3. The second-order valence-electron chi connectivity index (χ2n) is 6.34. The number of aliphatic carboxylic acids is 1. The van der Waals surface area contributed by atoms with E-state index in [2.05, 4.69) is 19.9 Å². The molecule has 1 aromatic rings. The van der Waals surface area contributed by atoms with Crippen molar-refractivity contribution in [3.63, 3.8) is 0 Å². The van der Waals surface area contributed by atoms with Gasteiger partial charge in [0.1, 0.15) is 0 Å². The fourth-order valence-electron chi connectivity index (χ4n) is 2.33. The summed E-state index contributed by atoms with van der Waals surface area (Å²) < 4.78 is 5.28. The maximum atomic E-state index is 11.3. The van der Waals surface area contributed by atoms with Gasteiger partial charge in [-0.2, -0.15) is 0 Å². The van der Waals surface area contributed by atoms with Crippen LogP contribution in [0.2, 0.25) is 0 Å². The fourth-order valence-corrected chi connectivity index (χ4v) is 2.33. The number of carbonyl (C=O) groups is 1. The minimum atomic E-state index is -0.771. The number of carboxylic acids is 1. The lowest BCUT2D eigenvalue weighted by molar-refractivity contribution is -0.146. The van der Waals surface area contributed by atoms with Gasteiger partial charge in [0, 0.05) is 12.5 Å². The Labute approximate surface area is 115 Å². The normalized spacial score (nSPS) is 12.5. The largest absolute Gasteiger partial charge is 0.481 e. The lowest BCUT2D eigenvalue weighted by Gasteiger charge is -2.29. The molecule has 0 saturated heterocycles. The molecule has 3 nitrogen and oxygen atoms in total. The highest BCUT2D eigenvalue weighted by molar-refractivity contribution is 5.74. The minimum Gasteiger partial charge on any atom is -0.481 e. The molecule has 0 heterocycles. The van der Waals surface area contributed by atoms with Crippen molar-refractivity contribution in [2.45, 2.75) is 39.5 Å². The molecule has 3 heteroatoms. The lowest BCUT2D eigenvalue weighted by atomic mass is 9.77. The van der Waals surface area contributed by atoms with Gasteiger partial charge in [-0.05, 0) is 31.4 Å². The van der Waals surface area contributed by atoms with Crippen molar-refractivity contribution in [3.05, 3.63) is 35.4 Å². The van der Waals surface area contributed by atoms with Crippen LogP contribution in [0.15, 0.2) is 24.3 Å². The third-order valence-electron chi connectivity index (χ3n) is 3.46. The summed E-state index contributed by atoms with van der Waals surface area (Å²) in [6, 6.07) is 8.02. The molecular formula is C16H24O3. The predicted octanol–water partition coefficient (Wildman–Crippen LogP) is 3.26. The minimum absolute atomic E-state index is 0.125. The van der Waals surface area contributed by atoms with E-state index in [0.29, 0.717) is 13.0 Å². The molecular weight excluding hydrogens is 240 g/mol. The molecule has 1 N–H and O–H groups in total. The zero-order valence-corrected chi connectivity index (χ0v) is 12.5. The first-order chi connectivity index (χ1) is 8.70. The topological polar surface area (TPSA) is 46.5 Å². The number of methoxy groups -OCH3 is 1. The molecule has 0 saturated carbocycles. The number of rotatable bonds is 6. The van der Waals surface area contributed by atoms with Gasteiger partial charge in [0.05, 0.1) is 12.0 Å². The van der Waals surface area contributed by atoms with Crippen molar-refractivity contribution in [2.75, 3.05) is 13.7 Å². The molecule has 0 aliphatic carbocycles.